The zero-order chi connectivity index (χ0) is 23.4. The van der Waals surface area contributed by atoms with Crippen molar-refractivity contribution in [3.05, 3.63) is 64.2 Å². The van der Waals surface area contributed by atoms with Crippen LogP contribution >= 0.6 is 0 Å². The van der Waals surface area contributed by atoms with Crippen LogP contribution in [0.4, 0.5) is 0 Å². The molecule has 0 saturated carbocycles. The first kappa shape index (κ1) is 24.0. The molecule has 2 aromatic carbocycles. The normalized spacial score (nSPS) is 16.8. The molecule has 2 aromatic rings. The molecule has 0 aliphatic heterocycles. The molecule has 2 atom stereocenters. The number of ether oxygens (including phenoxy) is 4. The molecule has 0 amide bonds. The van der Waals surface area contributed by atoms with Crippen molar-refractivity contribution < 1.29 is 28.5 Å². The van der Waals surface area contributed by atoms with Crippen molar-refractivity contribution in [3.8, 4) is 5.75 Å². The van der Waals surface area contributed by atoms with E-state index in [1.807, 2.05) is 18.2 Å². The smallest absolute Gasteiger partial charge is 0.337 e. The van der Waals surface area contributed by atoms with E-state index >= 15 is 0 Å². The highest BCUT2D eigenvalue weighted by atomic mass is 16.7. The van der Waals surface area contributed by atoms with Crippen LogP contribution in [0.25, 0.3) is 0 Å². The van der Waals surface area contributed by atoms with Crippen molar-refractivity contribution in [2.45, 2.75) is 44.8 Å². The zero-order valence-corrected chi connectivity index (χ0v) is 19.6. The highest BCUT2D eigenvalue weighted by Crippen LogP contribution is 2.41. The molecular formula is C26H32O6. The Hall–Kier alpha value is -2.70. The summed E-state index contributed by atoms with van der Waals surface area (Å²) in [5.41, 5.74) is 4.19. The average molecular weight is 441 g/mol. The minimum absolute atomic E-state index is 0.0565. The quantitative estimate of drug-likeness (QED) is 0.436. The van der Waals surface area contributed by atoms with Crippen LogP contribution < -0.4 is 4.74 Å². The van der Waals surface area contributed by atoms with Crippen molar-refractivity contribution in [1.82, 2.24) is 0 Å². The fourth-order valence-corrected chi connectivity index (χ4v) is 4.62. The number of ketones is 1. The number of rotatable bonds is 8. The van der Waals surface area contributed by atoms with Gasteiger partial charge in [-0.15, -0.1) is 0 Å². The van der Waals surface area contributed by atoms with E-state index in [2.05, 4.69) is 19.9 Å². The maximum absolute atomic E-state index is 13.7. The molecule has 0 saturated heterocycles. The van der Waals surface area contributed by atoms with Gasteiger partial charge in [0.2, 0.25) is 0 Å². The second-order valence-electron chi connectivity index (χ2n) is 8.39. The standard InChI is InChI=1S/C26H32O6/c1-15(2)20-13-18-11-12-19(24(27)21(18)14-22(20)29-3)23(26(31-5)32-6)16-7-9-17(10-8-16)25(28)30-4/h7-10,13-15,19,23,26H,11-12H2,1-6H3. The molecule has 0 aromatic heterocycles. The molecule has 1 aliphatic rings. The van der Waals surface area contributed by atoms with Gasteiger partial charge in [-0.1, -0.05) is 32.0 Å². The summed E-state index contributed by atoms with van der Waals surface area (Å²) in [7, 11) is 6.13. The number of methoxy groups -OCH3 is 4. The van der Waals surface area contributed by atoms with Crippen LogP contribution in [0.2, 0.25) is 0 Å². The summed E-state index contributed by atoms with van der Waals surface area (Å²) in [6.45, 7) is 4.24. The Morgan fingerprint density at radius 1 is 1.00 bits per heavy atom. The van der Waals surface area contributed by atoms with Crippen molar-refractivity contribution in [2.75, 3.05) is 28.4 Å². The van der Waals surface area contributed by atoms with Crippen LogP contribution in [0.1, 0.15) is 69.5 Å². The molecule has 0 fully saturated rings. The first-order valence-corrected chi connectivity index (χ1v) is 10.8. The van der Waals surface area contributed by atoms with Gasteiger partial charge in [0.1, 0.15) is 5.75 Å². The molecule has 1 aliphatic carbocycles. The molecule has 0 bridgehead atoms. The van der Waals surface area contributed by atoms with Crippen molar-refractivity contribution in [1.29, 1.82) is 0 Å². The maximum Gasteiger partial charge on any atom is 0.337 e. The monoisotopic (exact) mass is 440 g/mol. The summed E-state index contributed by atoms with van der Waals surface area (Å²) in [6.07, 6.45) is 0.862. The van der Waals surface area contributed by atoms with Gasteiger partial charge in [-0.2, -0.15) is 0 Å². The Balaban J connectivity index is 2.02. The lowest BCUT2D eigenvalue weighted by Gasteiger charge is -2.35. The number of hydrogen-bond acceptors (Lipinski definition) is 6. The number of Topliss-reactive ketones (excluding diaryl/α,β-unsaturated/α-hetero) is 1. The van der Waals surface area contributed by atoms with Gasteiger partial charge < -0.3 is 18.9 Å². The van der Waals surface area contributed by atoms with E-state index in [0.717, 1.165) is 28.9 Å². The molecule has 0 heterocycles. The van der Waals surface area contributed by atoms with Gasteiger partial charge in [0.15, 0.2) is 12.1 Å². The Morgan fingerprint density at radius 2 is 1.66 bits per heavy atom. The first-order valence-electron chi connectivity index (χ1n) is 10.8. The molecule has 0 N–H and O–H groups in total. The molecule has 2 unspecified atom stereocenters. The predicted molar refractivity (Wildman–Crippen MR) is 122 cm³/mol. The van der Waals surface area contributed by atoms with Crippen LogP contribution in [0.15, 0.2) is 36.4 Å². The zero-order valence-electron chi connectivity index (χ0n) is 19.6. The third-order valence-electron chi connectivity index (χ3n) is 6.31. The van der Waals surface area contributed by atoms with Gasteiger partial charge >= 0.3 is 5.97 Å². The van der Waals surface area contributed by atoms with Gasteiger partial charge in [0.05, 0.1) is 19.8 Å². The van der Waals surface area contributed by atoms with Crippen LogP contribution in [-0.4, -0.2) is 46.5 Å². The molecule has 32 heavy (non-hydrogen) atoms. The van der Waals surface area contributed by atoms with E-state index < -0.39 is 12.3 Å². The van der Waals surface area contributed by atoms with Crippen LogP contribution in [0.5, 0.6) is 5.75 Å². The number of esters is 1. The number of aryl methyl sites for hydroxylation is 1. The van der Waals surface area contributed by atoms with E-state index in [4.69, 9.17) is 18.9 Å². The summed E-state index contributed by atoms with van der Waals surface area (Å²) >= 11 is 0. The van der Waals surface area contributed by atoms with E-state index in [-0.39, 0.29) is 17.6 Å². The molecule has 172 valence electrons. The molecular weight excluding hydrogens is 408 g/mol. The van der Waals surface area contributed by atoms with E-state index in [1.165, 1.54) is 7.11 Å². The predicted octanol–water partition coefficient (Wildman–Crippen LogP) is 4.75. The summed E-state index contributed by atoms with van der Waals surface area (Å²) in [5.74, 6) is 0.0382. The topological polar surface area (TPSA) is 71.1 Å². The lowest BCUT2D eigenvalue weighted by atomic mass is 9.72. The maximum atomic E-state index is 13.7. The summed E-state index contributed by atoms with van der Waals surface area (Å²) in [6, 6.07) is 11.1. The SMILES string of the molecule is COC(=O)c1ccc(C(C(OC)OC)C2CCc3cc(C(C)C)c(OC)cc3C2=O)cc1. The van der Waals surface area contributed by atoms with Crippen molar-refractivity contribution in [2.24, 2.45) is 5.92 Å². The number of carbonyl (C=O) groups is 2. The van der Waals surface area contributed by atoms with Gasteiger partial charge in [0, 0.05) is 31.6 Å². The molecule has 6 nitrogen and oxygen atoms in total. The summed E-state index contributed by atoms with van der Waals surface area (Å²) < 4.78 is 21.6. The number of fused-ring (bicyclic) bond motifs is 1. The largest absolute Gasteiger partial charge is 0.496 e. The Bertz CT molecular complexity index is 959. The lowest BCUT2D eigenvalue weighted by molar-refractivity contribution is -0.125. The molecule has 0 spiro atoms. The van der Waals surface area contributed by atoms with Gasteiger partial charge in [0.25, 0.3) is 0 Å². The number of benzene rings is 2. The number of hydrogen-bond donors (Lipinski definition) is 0. The minimum atomic E-state index is -0.605. The van der Waals surface area contributed by atoms with Gasteiger partial charge in [-0.25, -0.2) is 4.79 Å². The van der Waals surface area contributed by atoms with Crippen LogP contribution in [-0.2, 0) is 20.6 Å². The Labute approximate surface area is 189 Å². The molecule has 0 radical (unpaired) electrons. The average Bonchev–Trinajstić information content (AvgIpc) is 2.82. The third-order valence-corrected chi connectivity index (χ3v) is 6.31. The second kappa shape index (κ2) is 10.3. The molecule has 6 heteroatoms. The Kier molecular flexibility index (Phi) is 7.69. The summed E-state index contributed by atoms with van der Waals surface area (Å²) in [5, 5.41) is 0. The first-order chi connectivity index (χ1) is 15.4. The van der Waals surface area contributed by atoms with Gasteiger partial charge in [-0.3, -0.25) is 4.79 Å². The highest BCUT2D eigenvalue weighted by molar-refractivity contribution is 6.01. The Morgan fingerprint density at radius 3 is 2.19 bits per heavy atom. The minimum Gasteiger partial charge on any atom is -0.496 e. The fourth-order valence-electron chi connectivity index (χ4n) is 4.62. The van der Waals surface area contributed by atoms with Crippen LogP contribution in [0, 0.1) is 5.92 Å². The third kappa shape index (κ3) is 4.57. The van der Waals surface area contributed by atoms with Crippen LogP contribution in [0.3, 0.4) is 0 Å². The summed E-state index contributed by atoms with van der Waals surface area (Å²) in [4.78, 5) is 25.5. The van der Waals surface area contributed by atoms with Crippen molar-refractivity contribution >= 4 is 11.8 Å². The van der Waals surface area contributed by atoms with Gasteiger partial charge in [-0.05, 0) is 53.6 Å². The fraction of sp³-hybridized carbons (Fsp3) is 0.462. The van der Waals surface area contributed by atoms with E-state index in [0.29, 0.717) is 23.5 Å². The lowest BCUT2D eigenvalue weighted by Crippen LogP contribution is -2.36. The van der Waals surface area contributed by atoms with E-state index in [9.17, 15) is 9.59 Å². The highest BCUT2D eigenvalue weighted by Gasteiger charge is 2.39. The number of carbonyl (C=O) groups excluding carboxylic acids is 2. The van der Waals surface area contributed by atoms with Crippen molar-refractivity contribution in [3.63, 3.8) is 0 Å². The molecule has 3 rings (SSSR count). The second-order valence-corrected chi connectivity index (χ2v) is 8.39. The van der Waals surface area contributed by atoms with E-state index in [1.54, 1.807) is 33.5 Å².